The quantitative estimate of drug-likeness (QED) is 0.315. The van der Waals surface area contributed by atoms with Crippen LogP contribution in [0.5, 0.6) is 0 Å². The molecule has 0 aliphatic carbocycles. The smallest absolute Gasteiger partial charge is 0.420 e. The molecular formula is C19H26F3N3O5. The Balaban J connectivity index is 3.43. The topological polar surface area (TPSA) is 114 Å². The Labute approximate surface area is 172 Å². The summed E-state index contributed by atoms with van der Waals surface area (Å²) in [5.41, 5.74) is 1.61. The number of benzene rings is 1. The molecule has 0 fully saturated rings. The molecule has 0 spiro atoms. The molecule has 0 bridgehead atoms. The van der Waals surface area contributed by atoms with Crippen LogP contribution in [0.2, 0.25) is 0 Å². The molecule has 0 aromatic heterocycles. The number of nitrogens with zero attached hydrogens (tertiary/aromatic N) is 2. The van der Waals surface area contributed by atoms with Crippen molar-refractivity contribution < 1.29 is 37.4 Å². The first-order chi connectivity index (χ1) is 13.4. The molecule has 8 nitrogen and oxygen atoms in total. The van der Waals surface area contributed by atoms with E-state index in [1.54, 1.807) is 41.5 Å². The van der Waals surface area contributed by atoms with Crippen molar-refractivity contribution >= 4 is 18.0 Å². The fraction of sp³-hybridized carbons (Fsp3) is 0.526. The van der Waals surface area contributed by atoms with E-state index in [1.807, 2.05) is 0 Å². The molecule has 1 rings (SSSR count). The molecule has 0 unspecified atom stereocenters. The predicted octanol–water partition coefficient (Wildman–Crippen LogP) is 4.47. The van der Waals surface area contributed by atoms with Crippen LogP contribution >= 0.6 is 0 Å². The standard InChI is InChI=1S/C19H26F3N3O5/c1-17(2,3)29-15(26)25(16(27)30-18(4,5)6)10-12-8-7-11(14(23)24-28)9-13(12)19(20,21)22/h7-9,28H,10H2,1-6H3,(H2,23,24). The van der Waals surface area contributed by atoms with Gasteiger partial charge in [0.1, 0.15) is 11.2 Å². The first-order valence-corrected chi connectivity index (χ1v) is 8.86. The van der Waals surface area contributed by atoms with Crippen molar-refractivity contribution in [1.29, 1.82) is 0 Å². The molecule has 0 heterocycles. The number of hydrogen-bond acceptors (Lipinski definition) is 6. The number of rotatable bonds is 3. The van der Waals surface area contributed by atoms with Crippen LogP contribution in [-0.4, -0.2) is 39.3 Å². The molecule has 3 N–H and O–H groups in total. The first kappa shape index (κ1) is 25.1. The second kappa shape index (κ2) is 8.80. The summed E-state index contributed by atoms with van der Waals surface area (Å²) in [5, 5.41) is 11.4. The summed E-state index contributed by atoms with van der Waals surface area (Å²) in [6, 6.07) is 2.85. The molecule has 168 valence electrons. The van der Waals surface area contributed by atoms with Gasteiger partial charge in [0, 0.05) is 5.56 Å². The van der Waals surface area contributed by atoms with Crippen LogP contribution in [0.1, 0.15) is 58.2 Å². The second-order valence-corrected chi connectivity index (χ2v) is 8.40. The molecule has 30 heavy (non-hydrogen) atoms. The highest BCUT2D eigenvalue weighted by atomic mass is 19.4. The zero-order valence-corrected chi connectivity index (χ0v) is 17.6. The Morgan fingerprint density at radius 2 is 1.50 bits per heavy atom. The third-order valence-corrected chi connectivity index (χ3v) is 3.37. The van der Waals surface area contributed by atoms with Gasteiger partial charge >= 0.3 is 18.4 Å². The van der Waals surface area contributed by atoms with Gasteiger partial charge in [-0.05, 0) is 53.2 Å². The van der Waals surface area contributed by atoms with E-state index < -0.39 is 53.1 Å². The summed E-state index contributed by atoms with van der Waals surface area (Å²) in [6.07, 6.45) is -7.16. The molecule has 2 amide bonds. The van der Waals surface area contributed by atoms with Crippen LogP contribution in [0, 0.1) is 0 Å². The molecule has 0 saturated carbocycles. The van der Waals surface area contributed by atoms with Gasteiger partial charge in [-0.1, -0.05) is 17.3 Å². The maximum Gasteiger partial charge on any atom is 0.420 e. The van der Waals surface area contributed by atoms with E-state index >= 15 is 0 Å². The predicted molar refractivity (Wildman–Crippen MR) is 102 cm³/mol. The van der Waals surface area contributed by atoms with Crippen molar-refractivity contribution in [3.63, 3.8) is 0 Å². The minimum absolute atomic E-state index is 0.185. The largest absolute Gasteiger partial charge is 0.443 e. The molecule has 0 radical (unpaired) electrons. The summed E-state index contributed by atoms with van der Waals surface area (Å²) in [4.78, 5) is 25.5. The van der Waals surface area contributed by atoms with Crippen LogP contribution in [0.15, 0.2) is 23.4 Å². The van der Waals surface area contributed by atoms with E-state index in [0.717, 1.165) is 6.07 Å². The summed E-state index contributed by atoms with van der Waals surface area (Å²) in [5.74, 6) is -0.525. The van der Waals surface area contributed by atoms with E-state index in [2.05, 4.69) is 5.16 Å². The van der Waals surface area contributed by atoms with E-state index in [9.17, 15) is 22.8 Å². The van der Waals surface area contributed by atoms with Crippen LogP contribution in [-0.2, 0) is 22.2 Å². The number of oxime groups is 1. The number of hydrogen-bond donors (Lipinski definition) is 2. The van der Waals surface area contributed by atoms with Gasteiger partial charge in [0.15, 0.2) is 5.84 Å². The highest BCUT2D eigenvalue weighted by molar-refractivity contribution is 5.97. The number of halogens is 3. The Morgan fingerprint density at radius 3 is 1.87 bits per heavy atom. The van der Waals surface area contributed by atoms with Gasteiger partial charge in [0.05, 0.1) is 12.1 Å². The van der Waals surface area contributed by atoms with Gasteiger partial charge in [-0.2, -0.15) is 13.2 Å². The number of ether oxygens (including phenoxy) is 2. The normalized spacial score (nSPS) is 13.0. The number of nitrogens with two attached hydrogens (primary N) is 1. The molecule has 0 saturated heterocycles. The highest BCUT2D eigenvalue weighted by Gasteiger charge is 2.37. The Morgan fingerprint density at radius 1 is 1.03 bits per heavy atom. The van der Waals surface area contributed by atoms with Crippen molar-refractivity contribution in [2.45, 2.75) is 65.5 Å². The van der Waals surface area contributed by atoms with E-state index in [4.69, 9.17) is 20.4 Å². The van der Waals surface area contributed by atoms with Gasteiger partial charge < -0.3 is 20.4 Å². The summed E-state index contributed by atoms with van der Waals surface area (Å²) in [6.45, 7) is 8.51. The van der Waals surface area contributed by atoms with Gasteiger partial charge in [0.25, 0.3) is 0 Å². The van der Waals surface area contributed by atoms with Crippen LogP contribution in [0.4, 0.5) is 22.8 Å². The monoisotopic (exact) mass is 433 g/mol. The molecule has 1 aromatic rings. The molecule has 1 aromatic carbocycles. The lowest BCUT2D eigenvalue weighted by molar-refractivity contribution is -0.138. The SMILES string of the molecule is CC(C)(C)OC(=O)N(Cc1ccc(/C(N)=N/O)cc1C(F)(F)F)C(=O)OC(C)(C)C. The van der Waals surface area contributed by atoms with Crippen molar-refractivity contribution in [3.05, 3.63) is 34.9 Å². The average molecular weight is 433 g/mol. The molecule has 0 atom stereocenters. The number of amidine groups is 1. The average Bonchev–Trinajstić information content (AvgIpc) is 2.54. The zero-order chi connectivity index (χ0) is 23.5. The van der Waals surface area contributed by atoms with Crippen molar-refractivity contribution in [2.24, 2.45) is 10.9 Å². The summed E-state index contributed by atoms with van der Waals surface area (Å²) in [7, 11) is 0. The zero-order valence-electron chi connectivity index (χ0n) is 17.6. The molecular weight excluding hydrogens is 407 g/mol. The van der Waals surface area contributed by atoms with Gasteiger partial charge in [0.2, 0.25) is 0 Å². The van der Waals surface area contributed by atoms with Crippen LogP contribution in [0.25, 0.3) is 0 Å². The maximum absolute atomic E-state index is 13.6. The number of imide groups is 1. The third kappa shape index (κ3) is 7.45. The van der Waals surface area contributed by atoms with Gasteiger partial charge in [-0.3, -0.25) is 0 Å². The third-order valence-electron chi connectivity index (χ3n) is 3.37. The lowest BCUT2D eigenvalue weighted by Gasteiger charge is -2.29. The fourth-order valence-electron chi connectivity index (χ4n) is 2.20. The van der Waals surface area contributed by atoms with Crippen molar-refractivity contribution in [1.82, 2.24) is 4.90 Å². The lowest BCUT2D eigenvalue weighted by atomic mass is 10.0. The van der Waals surface area contributed by atoms with Crippen molar-refractivity contribution in [3.8, 4) is 0 Å². The van der Waals surface area contributed by atoms with E-state index in [-0.39, 0.29) is 5.56 Å². The number of alkyl halides is 3. The molecule has 0 aliphatic heterocycles. The number of amides is 2. The Bertz CT molecular complexity index is 796. The highest BCUT2D eigenvalue weighted by Crippen LogP contribution is 2.34. The lowest BCUT2D eigenvalue weighted by Crippen LogP contribution is -2.43. The Kier molecular flexibility index (Phi) is 7.35. The van der Waals surface area contributed by atoms with Gasteiger partial charge in [-0.25, -0.2) is 14.5 Å². The van der Waals surface area contributed by atoms with Crippen LogP contribution in [0.3, 0.4) is 0 Å². The Hall–Kier alpha value is -2.98. The summed E-state index contributed by atoms with van der Waals surface area (Å²) >= 11 is 0. The van der Waals surface area contributed by atoms with Crippen molar-refractivity contribution in [2.75, 3.05) is 0 Å². The fourth-order valence-corrected chi connectivity index (χ4v) is 2.20. The number of carbonyl (C=O) groups is 2. The molecule has 0 aliphatic rings. The second-order valence-electron chi connectivity index (χ2n) is 8.40. The molecule has 11 heteroatoms. The van der Waals surface area contributed by atoms with Crippen LogP contribution < -0.4 is 5.73 Å². The van der Waals surface area contributed by atoms with Gasteiger partial charge in [-0.15, -0.1) is 0 Å². The maximum atomic E-state index is 13.6. The minimum Gasteiger partial charge on any atom is -0.443 e. The number of carbonyl (C=O) groups excluding carboxylic acids is 2. The van der Waals surface area contributed by atoms with E-state index in [1.165, 1.54) is 6.07 Å². The first-order valence-electron chi connectivity index (χ1n) is 8.86. The summed E-state index contributed by atoms with van der Waals surface area (Å²) < 4.78 is 51.1. The minimum atomic E-state index is -4.84. The van der Waals surface area contributed by atoms with E-state index in [0.29, 0.717) is 11.0 Å².